The molecule has 0 bridgehead atoms. The van der Waals surface area contributed by atoms with Crippen molar-refractivity contribution in [2.24, 2.45) is 5.92 Å². The Morgan fingerprint density at radius 2 is 2.24 bits per heavy atom. The molecule has 4 nitrogen and oxygen atoms in total. The van der Waals surface area contributed by atoms with Gasteiger partial charge in [-0.15, -0.1) is 11.3 Å². The molecule has 1 N–H and O–H groups in total. The lowest BCUT2D eigenvalue weighted by Crippen LogP contribution is -2.28. The predicted octanol–water partition coefficient (Wildman–Crippen LogP) is 2.03. The van der Waals surface area contributed by atoms with Crippen LogP contribution in [-0.2, 0) is 16.6 Å². The number of aliphatic hydroxyl groups is 1. The minimum absolute atomic E-state index is 0.134. The highest BCUT2D eigenvalue weighted by molar-refractivity contribution is 9.11. The molecule has 0 unspecified atom stereocenters. The molecule has 1 saturated carbocycles. The minimum atomic E-state index is -3.43. The zero-order valence-corrected chi connectivity index (χ0v) is 12.6. The highest BCUT2D eigenvalue weighted by Gasteiger charge is 2.31. The normalized spacial score (nSPS) is 16.7. The lowest BCUT2D eigenvalue weighted by Gasteiger charge is -2.16. The maximum absolute atomic E-state index is 12.3. The second kappa shape index (κ2) is 4.97. The molecule has 1 fully saturated rings. The molecular formula is C10H14BrNO3S2. The van der Waals surface area contributed by atoms with Gasteiger partial charge < -0.3 is 5.11 Å². The maximum atomic E-state index is 12.3. The van der Waals surface area contributed by atoms with E-state index in [0.717, 1.165) is 12.8 Å². The van der Waals surface area contributed by atoms with Gasteiger partial charge >= 0.3 is 0 Å². The summed E-state index contributed by atoms with van der Waals surface area (Å²) in [5, 5.41) is 9.02. The second-order valence-corrected chi connectivity index (χ2v) is 8.71. The van der Waals surface area contributed by atoms with Crippen molar-refractivity contribution in [1.29, 1.82) is 0 Å². The quantitative estimate of drug-likeness (QED) is 0.892. The van der Waals surface area contributed by atoms with Crippen LogP contribution in [-0.4, -0.2) is 31.4 Å². The van der Waals surface area contributed by atoms with Crippen LogP contribution in [0.1, 0.15) is 17.7 Å². The fraction of sp³-hybridized carbons (Fsp3) is 0.600. The van der Waals surface area contributed by atoms with Crippen LogP contribution in [0.3, 0.4) is 0 Å². The highest BCUT2D eigenvalue weighted by atomic mass is 79.9. The molecule has 2 rings (SSSR count). The van der Waals surface area contributed by atoms with E-state index in [1.165, 1.54) is 21.7 Å². The van der Waals surface area contributed by atoms with Crippen molar-refractivity contribution in [1.82, 2.24) is 4.31 Å². The van der Waals surface area contributed by atoms with Crippen molar-refractivity contribution in [2.75, 3.05) is 13.6 Å². The van der Waals surface area contributed by atoms with Gasteiger partial charge in [0.05, 0.1) is 10.4 Å². The van der Waals surface area contributed by atoms with E-state index in [2.05, 4.69) is 15.9 Å². The molecule has 17 heavy (non-hydrogen) atoms. The van der Waals surface area contributed by atoms with Crippen LogP contribution < -0.4 is 0 Å². The number of hydrogen-bond donors (Lipinski definition) is 1. The Balaban J connectivity index is 2.25. The molecule has 0 saturated heterocycles. The Morgan fingerprint density at radius 3 is 2.71 bits per heavy atom. The van der Waals surface area contributed by atoms with Crippen molar-refractivity contribution < 1.29 is 13.5 Å². The molecule has 0 aliphatic heterocycles. The van der Waals surface area contributed by atoms with Gasteiger partial charge in [-0.25, -0.2) is 12.7 Å². The van der Waals surface area contributed by atoms with Crippen LogP contribution in [0, 0.1) is 5.92 Å². The van der Waals surface area contributed by atoms with Gasteiger partial charge in [0, 0.05) is 18.5 Å². The average Bonchev–Trinajstić information content (AvgIpc) is 2.99. The van der Waals surface area contributed by atoms with Crippen molar-refractivity contribution in [3.8, 4) is 0 Å². The van der Waals surface area contributed by atoms with Crippen LogP contribution in [0.5, 0.6) is 0 Å². The van der Waals surface area contributed by atoms with Gasteiger partial charge in [0.15, 0.2) is 0 Å². The molecule has 1 aliphatic rings. The molecule has 1 aromatic rings. The van der Waals surface area contributed by atoms with E-state index >= 15 is 0 Å². The van der Waals surface area contributed by atoms with Crippen LogP contribution in [0.25, 0.3) is 0 Å². The predicted molar refractivity (Wildman–Crippen MR) is 70.5 cm³/mol. The number of aliphatic hydroxyl groups excluding tert-OH is 1. The Bertz CT molecular complexity index is 508. The Hall–Kier alpha value is 0.0500. The lowest BCUT2D eigenvalue weighted by molar-refractivity contribution is 0.285. The second-order valence-electron chi connectivity index (χ2n) is 4.24. The molecule has 0 atom stereocenters. The van der Waals surface area contributed by atoms with E-state index in [-0.39, 0.29) is 11.5 Å². The van der Waals surface area contributed by atoms with Crippen molar-refractivity contribution >= 4 is 37.3 Å². The standard InChI is InChI=1S/C10H14BrNO3S2/c1-12(5-7-2-3-7)17(14,15)9-4-8(6-13)16-10(9)11/h4,7,13H,2-3,5-6H2,1H3. The van der Waals surface area contributed by atoms with Gasteiger partial charge in [-0.2, -0.15) is 0 Å². The number of sulfonamides is 1. The maximum Gasteiger partial charge on any atom is 0.244 e. The van der Waals surface area contributed by atoms with Crippen molar-refractivity contribution in [3.63, 3.8) is 0 Å². The number of hydrogen-bond acceptors (Lipinski definition) is 4. The van der Waals surface area contributed by atoms with Crippen LogP contribution in [0.4, 0.5) is 0 Å². The third kappa shape index (κ3) is 2.90. The summed E-state index contributed by atoms with van der Waals surface area (Å²) in [5.74, 6) is 0.518. The van der Waals surface area contributed by atoms with Crippen LogP contribution in [0.15, 0.2) is 14.7 Å². The van der Waals surface area contributed by atoms with Crippen molar-refractivity contribution in [2.45, 2.75) is 24.3 Å². The summed E-state index contributed by atoms with van der Waals surface area (Å²) in [4.78, 5) is 0.907. The largest absolute Gasteiger partial charge is 0.391 e. The van der Waals surface area contributed by atoms with Gasteiger partial charge in [-0.1, -0.05) is 0 Å². The van der Waals surface area contributed by atoms with Gasteiger partial charge in [0.25, 0.3) is 0 Å². The van der Waals surface area contributed by atoms with E-state index < -0.39 is 10.0 Å². The van der Waals surface area contributed by atoms with Crippen LogP contribution in [0.2, 0.25) is 0 Å². The van der Waals surface area contributed by atoms with Gasteiger partial charge in [0.2, 0.25) is 10.0 Å². The molecular weight excluding hydrogens is 326 g/mol. The first-order chi connectivity index (χ1) is 7.95. The molecule has 0 aromatic carbocycles. The van der Waals surface area contributed by atoms with E-state index in [1.54, 1.807) is 7.05 Å². The SMILES string of the molecule is CN(CC1CC1)S(=O)(=O)c1cc(CO)sc1Br. The van der Waals surface area contributed by atoms with Gasteiger partial charge in [0.1, 0.15) is 4.90 Å². The van der Waals surface area contributed by atoms with Gasteiger partial charge in [-0.3, -0.25) is 0 Å². The molecule has 1 aromatic heterocycles. The first-order valence-corrected chi connectivity index (χ1v) is 8.35. The summed E-state index contributed by atoms with van der Waals surface area (Å²) >= 11 is 4.50. The van der Waals surface area contributed by atoms with E-state index in [9.17, 15) is 8.42 Å². The molecule has 1 aliphatic carbocycles. The van der Waals surface area contributed by atoms with Gasteiger partial charge in [-0.05, 0) is 40.8 Å². The summed E-state index contributed by atoms with van der Waals surface area (Å²) in [6, 6.07) is 1.54. The zero-order chi connectivity index (χ0) is 12.6. The molecule has 0 spiro atoms. The summed E-state index contributed by atoms with van der Waals surface area (Å²) in [5.41, 5.74) is 0. The fourth-order valence-electron chi connectivity index (χ4n) is 1.58. The Kier molecular flexibility index (Phi) is 3.94. The smallest absolute Gasteiger partial charge is 0.244 e. The summed E-state index contributed by atoms with van der Waals surface area (Å²) in [6.45, 7) is 0.449. The molecule has 1 heterocycles. The number of rotatable bonds is 5. The Morgan fingerprint density at radius 1 is 1.59 bits per heavy atom. The topological polar surface area (TPSA) is 57.6 Å². The fourth-order valence-corrected chi connectivity index (χ4v) is 5.32. The minimum Gasteiger partial charge on any atom is -0.391 e. The number of thiophene rings is 1. The summed E-state index contributed by atoms with van der Waals surface area (Å²) < 4.78 is 26.5. The summed E-state index contributed by atoms with van der Waals surface area (Å²) in [7, 11) is -1.82. The molecule has 0 amide bonds. The van der Waals surface area contributed by atoms with E-state index in [0.29, 0.717) is 21.1 Å². The molecule has 96 valence electrons. The number of nitrogens with zero attached hydrogens (tertiary/aromatic N) is 1. The number of halogens is 1. The third-order valence-electron chi connectivity index (χ3n) is 2.76. The third-order valence-corrected chi connectivity index (χ3v) is 6.82. The summed E-state index contributed by atoms with van der Waals surface area (Å²) in [6.07, 6.45) is 2.24. The molecule has 0 radical (unpaired) electrons. The van der Waals surface area contributed by atoms with Crippen LogP contribution >= 0.6 is 27.3 Å². The monoisotopic (exact) mass is 339 g/mol. The van der Waals surface area contributed by atoms with Crippen molar-refractivity contribution in [3.05, 3.63) is 14.7 Å². The first-order valence-electron chi connectivity index (χ1n) is 5.30. The first kappa shape index (κ1) is 13.5. The molecule has 7 heteroatoms. The average molecular weight is 340 g/mol. The highest BCUT2D eigenvalue weighted by Crippen LogP contribution is 2.35. The zero-order valence-electron chi connectivity index (χ0n) is 9.39. The van der Waals surface area contributed by atoms with E-state index in [1.807, 2.05) is 0 Å². The Labute approximate surface area is 113 Å². The lowest BCUT2D eigenvalue weighted by atomic mass is 10.4. The van der Waals surface area contributed by atoms with E-state index in [4.69, 9.17) is 5.11 Å².